The highest BCUT2D eigenvalue weighted by Crippen LogP contribution is 2.40. The van der Waals surface area contributed by atoms with Crippen molar-refractivity contribution in [1.29, 1.82) is 0 Å². The fraction of sp³-hybridized carbons (Fsp3) is 0.333. The third-order valence-corrected chi connectivity index (χ3v) is 6.03. The average Bonchev–Trinajstić information content (AvgIpc) is 2.90. The van der Waals surface area contributed by atoms with Crippen molar-refractivity contribution in [1.82, 2.24) is 4.98 Å². The van der Waals surface area contributed by atoms with Crippen molar-refractivity contribution in [3.8, 4) is 0 Å². The van der Waals surface area contributed by atoms with E-state index in [2.05, 4.69) is 4.98 Å². The number of esters is 1. The molecule has 184 valence electrons. The van der Waals surface area contributed by atoms with E-state index in [0.717, 1.165) is 11.1 Å². The maximum absolute atomic E-state index is 11.6. The Kier molecular flexibility index (Phi) is 7.90. The molecule has 2 heterocycles. The number of nitrogens with zero attached hydrogens (tertiary/aromatic N) is 1. The van der Waals surface area contributed by atoms with Crippen LogP contribution in [0.3, 0.4) is 0 Å². The zero-order chi connectivity index (χ0) is 24.8. The molecule has 3 aromatic rings. The number of carbonyl (C=O) groups excluding carboxylic acids is 1. The second kappa shape index (κ2) is 11.1. The van der Waals surface area contributed by atoms with E-state index in [9.17, 15) is 15.0 Å². The number of aliphatic hydroxyl groups is 2. The Labute approximate surface area is 204 Å². The predicted molar refractivity (Wildman–Crippen MR) is 126 cm³/mol. The Balaban J connectivity index is 1.75. The first-order valence-corrected chi connectivity index (χ1v) is 11.4. The topological polar surface area (TPSA) is 107 Å². The van der Waals surface area contributed by atoms with Crippen molar-refractivity contribution in [2.75, 3.05) is 13.7 Å². The summed E-state index contributed by atoms with van der Waals surface area (Å²) < 4.78 is 22.9. The molecular formula is C27H29NO7. The van der Waals surface area contributed by atoms with Gasteiger partial charge in [0.2, 0.25) is 0 Å². The van der Waals surface area contributed by atoms with Crippen LogP contribution in [0.1, 0.15) is 23.7 Å². The second-order valence-electron chi connectivity index (χ2n) is 8.27. The molecule has 0 aliphatic carbocycles. The van der Waals surface area contributed by atoms with E-state index in [4.69, 9.17) is 18.9 Å². The maximum atomic E-state index is 11.6. The van der Waals surface area contributed by atoms with Crippen LogP contribution < -0.4 is 0 Å². The molecular weight excluding hydrogens is 450 g/mol. The monoisotopic (exact) mass is 479 g/mol. The molecule has 1 aliphatic rings. The van der Waals surface area contributed by atoms with Gasteiger partial charge in [0.15, 0.2) is 18.0 Å². The van der Waals surface area contributed by atoms with E-state index < -0.39 is 42.3 Å². The molecule has 0 radical (unpaired) electrons. The number of carbonyl (C=O) groups is 1. The molecule has 0 amide bonds. The Hall–Kier alpha value is -3.14. The van der Waals surface area contributed by atoms with Crippen LogP contribution in [0.2, 0.25) is 0 Å². The van der Waals surface area contributed by atoms with Crippen molar-refractivity contribution >= 4 is 5.97 Å². The molecule has 1 fully saturated rings. The molecule has 2 aromatic carbocycles. The molecule has 8 nitrogen and oxygen atoms in total. The number of aromatic nitrogens is 1. The highest BCUT2D eigenvalue weighted by atomic mass is 16.7. The van der Waals surface area contributed by atoms with Crippen LogP contribution in [-0.4, -0.2) is 65.6 Å². The van der Waals surface area contributed by atoms with E-state index in [1.807, 2.05) is 78.9 Å². The van der Waals surface area contributed by atoms with Gasteiger partial charge in [-0.1, -0.05) is 66.7 Å². The summed E-state index contributed by atoms with van der Waals surface area (Å²) in [6.45, 7) is 1.09. The van der Waals surface area contributed by atoms with E-state index in [1.165, 1.54) is 14.0 Å². The standard InChI is InChI=1S/C27H29NO7/c1-18(29)34-25-23(30)21(35-26(32-2)24(25)31)17-33-27(19-11-5-3-6-12-19,20-13-7-4-8-14-20)22-15-9-10-16-28-22/h3-16,21,23-26,30-31H,17H2,1-2H3/t21-,23-,24-,25+,26+/m1/s1. The highest BCUT2D eigenvalue weighted by Gasteiger charge is 2.48. The SMILES string of the molecule is CO[C@H]1O[C@H](COC(c2ccccc2)(c2ccccc2)c2ccccn2)[C@@H](O)[C@H](OC(C)=O)[C@H]1O. The molecule has 1 aliphatic heterocycles. The summed E-state index contributed by atoms with van der Waals surface area (Å²) in [5, 5.41) is 21.4. The average molecular weight is 480 g/mol. The number of pyridine rings is 1. The minimum atomic E-state index is -1.36. The summed E-state index contributed by atoms with van der Waals surface area (Å²) in [6, 6.07) is 24.9. The fourth-order valence-corrected chi connectivity index (χ4v) is 4.39. The van der Waals surface area contributed by atoms with Gasteiger partial charge in [0.1, 0.15) is 18.3 Å². The summed E-state index contributed by atoms with van der Waals surface area (Å²) >= 11 is 0. The Morgan fingerprint density at radius 2 is 1.54 bits per heavy atom. The lowest BCUT2D eigenvalue weighted by Gasteiger charge is -2.43. The lowest BCUT2D eigenvalue weighted by atomic mass is 9.82. The van der Waals surface area contributed by atoms with Crippen molar-refractivity contribution in [2.45, 2.75) is 43.2 Å². The Morgan fingerprint density at radius 1 is 0.943 bits per heavy atom. The van der Waals surface area contributed by atoms with Gasteiger partial charge in [0, 0.05) is 20.2 Å². The number of methoxy groups -OCH3 is 1. The summed E-state index contributed by atoms with van der Waals surface area (Å²) in [5.41, 5.74) is 1.16. The van der Waals surface area contributed by atoms with Crippen LogP contribution in [0.25, 0.3) is 0 Å². The first kappa shape index (κ1) is 25.0. The molecule has 5 atom stereocenters. The van der Waals surface area contributed by atoms with Gasteiger partial charge in [-0.05, 0) is 23.3 Å². The first-order chi connectivity index (χ1) is 17.0. The van der Waals surface area contributed by atoms with Crippen molar-refractivity contribution in [3.63, 3.8) is 0 Å². The molecule has 0 spiro atoms. The highest BCUT2D eigenvalue weighted by molar-refractivity contribution is 5.66. The van der Waals surface area contributed by atoms with Crippen LogP contribution in [0.15, 0.2) is 85.1 Å². The second-order valence-corrected chi connectivity index (χ2v) is 8.27. The third-order valence-electron chi connectivity index (χ3n) is 6.03. The lowest BCUT2D eigenvalue weighted by molar-refractivity contribution is -0.301. The van der Waals surface area contributed by atoms with Crippen LogP contribution in [0, 0.1) is 0 Å². The Morgan fingerprint density at radius 3 is 2.06 bits per heavy atom. The van der Waals surface area contributed by atoms with E-state index in [1.54, 1.807) is 6.20 Å². The van der Waals surface area contributed by atoms with Crippen LogP contribution in [0.4, 0.5) is 0 Å². The number of hydrogen-bond acceptors (Lipinski definition) is 8. The van der Waals surface area contributed by atoms with Gasteiger partial charge >= 0.3 is 5.97 Å². The minimum absolute atomic E-state index is 0.119. The van der Waals surface area contributed by atoms with Gasteiger partial charge in [-0.15, -0.1) is 0 Å². The zero-order valence-corrected chi connectivity index (χ0v) is 19.6. The predicted octanol–water partition coefficient (Wildman–Crippen LogP) is 2.41. The van der Waals surface area contributed by atoms with E-state index in [-0.39, 0.29) is 6.61 Å². The fourth-order valence-electron chi connectivity index (χ4n) is 4.39. The van der Waals surface area contributed by atoms with Gasteiger partial charge < -0.3 is 29.2 Å². The molecule has 0 unspecified atom stereocenters. The summed E-state index contributed by atoms with van der Waals surface area (Å²) in [4.78, 5) is 16.2. The molecule has 8 heteroatoms. The normalized spacial score (nSPS) is 24.6. The van der Waals surface area contributed by atoms with Gasteiger partial charge in [0.05, 0.1) is 12.3 Å². The molecule has 1 saturated heterocycles. The largest absolute Gasteiger partial charge is 0.457 e. The number of ether oxygens (including phenoxy) is 4. The van der Waals surface area contributed by atoms with Gasteiger partial charge in [0.25, 0.3) is 0 Å². The molecule has 0 saturated carbocycles. The molecule has 1 aromatic heterocycles. The van der Waals surface area contributed by atoms with Gasteiger partial charge in [-0.25, -0.2) is 0 Å². The summed E-state index contributed by atoms with van der Waals surface area (Å²) in [7, 11) is 1.36. The zero-order valence-electron chi connectivity index (χ0n) is 19.6. The number of benzene rings is 2. The van der Waals surface area contributed by atoms with Gasteiger partial charge in [-0.3, -0.25) is 9.78 Å². The number of rotatable bonds is 8. The smallest absolute Gasteiger partial charge is 0.303 e. The van der Waals surface area contributed by atoms with Crippen LogP contribution >= 0.6 is 0 Å². The van der Waals surface area contributed by atoms with E-state index >= 15 is 0 Å². The quantitative estimate of drug-likeness (QED) is 0.475. The van der Waals surface area contributed by atoms with E-state index in [0.29, 0.717) is 5.69 Å². The lowest BCUT2D eigenvalue weighted by Crippen LogP contribution is -2.60. The first-order valence-electron chi connectivity index (χ1n) is 11.4. The van der Waals surface area contributed by atoms with Crippen LogP contribution in [-0.2, 0) is 29.3 Å². The third kappa shape index (κ3) is 5.12. The van der Waals surface area contributed by atoms with Crippen molar-refractivity contribution in [2.24, 2.45) is 0 Å². The maximum Gasteiger partial charge on any atom is 0.303 e. The van der Waals surface area contributed by atoms with Crippen LogP contribution in [0.5, 0.6) is 0 Å². The van der Waals surface area contributed by atoms with Gasteiger partial charge in [-0.2, -0.15) is 0 Å². The number of hydrogen-bond donors (Lipinski definition) is 2. The van der Waals surface area contributed by atoms with Crippen molar-refractivity contribution < 1.29 is 34.0 Å². The molecule has 4 rings (SSSR count). The molecule has 35 heavy (non-hydrogen) atoms. The Bertz CT molecular complexity index is 984. The number of aliphatic hydroxyl groups excluding tert-OH is 2. The van der Waals surface area contributed by atoms with Crippen molar-refractivity contribution in [3.05, 3.63) is 102 Å². The summed E-state index contributed by atoms with van der Waals surface area (Å²) in [5.74, 6) is -0.638. The molecule has 2 N–H and O–H groups in total. The summed E-state index contributed by atoms with van der Waals surface area (Å²) in [6.07, 6.45) is -4.35. The minimum Gasteiger partial charge on any atom is -0.457 e. The molecule has 0 bridgehead atoms.